The SMILES string of the molecule is O=C1COC(CO)CN1Cc1ccccc1C(F)(F)F. The molecule has 0 spiro atoms. The average molecular weight is 289 g/mol. The second-order valence-electron chi connectivity index (χ2n) is 4.54. The molecule has 0 bridgehead atoms. The third kappa shape index (κ3) is 3.29. The first kappa shape index (κ1) is 14.8. The zero-order valence-electron chi connectivity index (χ0n) is 10.6. The van der Waals surface area contributed by atoms with E-state index < -0.39 is 17.8 Å². The number of hydrogen-bond donors (Lipinski definition) is 1. The minimum Gasteiger partial charge on any atom is -0.394 e. The number of benzene rings is 1. The van der Waals surface area contributed by atoms with Crippen LogP contribution < -0.4 is 0 Å². The number of carbonyl (C=O) groups excluding carboxylic acids is 1. The van der Waals surface area contributed by atoms with Crippen LogP contribution in [0.15, 0.2) is 24.3 Å². The largest absolute Gasteiger partial charge is 0.416 e. The predicted octanol–water partition coefficient (Wildman–Crippen LogP) is 1.43. The molecule has 2 rings (SSSR count). The van der Waals surface area contributed by atoms with E-state index >= 15 is 0 Å². The highest BCUT2D eigenvalue weighted by Crippen LogP contribution is 2.32. The molecule has 0 aromatic heterocycles. The van der Waals surface area contributed by atoms with Gasteiger partial charge in [-0.1, -0.05) is 18.2 Å². The molecule has 1 saturated heterocycles. The summed E-state index contributed by atoms with van der Waals surface area (Å²) in [5.41, 5.74) is -0.716. The van der Waals surface area contributed by atoms with E-state index in [2.05, 4.69) is 0 Å². The molecule has 20 heavy (non-hydrogen) atoms. The van der Waals surface area contributed by atoms with Gasteiger partial charge >= 0.3 is 6.18 Å². The van der Waals surface area contributed by atoms with Gasteiger partial charge in [0.2, 0.25) is 5.91 Å². The summed E-state index contributed by atoms with van der Waals surface area (Å²) in [6.07, 6.45) is -5.01. The molecule has 1 N–H and O–H groups in total. The molecule has 4 nitrogen and oxygen atoms in total. The highest BCUT2D eigenvalue weighted by Gasteiger charge is 2.34. The molecule has 1 atom stereocenters. The lowest BCUT2D eigenvalue weighted by atomic mass is 10.1. The van der Waals surface area contributed by atoms with Gasteiger partial charge < -0.3 is 14.7 Å². The number of nitrogens with zero attached hydrogens (tertiary/aromatic N) is 1. The van der Waals surface area contributed by atoms with Crippen molar-refractivity contribution in [3.8, 4) is 0 Å². The predicted molar refractivity (Wildman–Crippen MR) is 63.7 cm³/mol. The van der Waals surface area contributed by atoms with E-state index in [1.54, 1.807) is 0 Å². The molecular formula is C13H14F3NO3. The topological polar surface area (TPSA) is 49.8 Å². The number of morpholine rings is 1. The first-order chi connectivity index (χ1) is 9.41. The highest BCUT2D eigenvalue weighted by atomic mass is 19.4. The molecule has 1 aromatic carbocycles. The van der Waals surface area contributed by atoms with E-state index in [1.807, 2.05) is 0 Å². The molecule has 110 valence electrons. The first-order valence-corrected chi connectivity index (χ1v) is 6.07. The van der Waals surface area contributed by atoms with Crippen LogP contribution in [0.25, 0.3) is 0 Å². The number of ether oxygens (including phenoxy) is 1. The van der Waals surface area contributed by atoms with Crippen LogP contribution in [-0.2, 0) is 22.3 Å². The fourth-order valence-corrected chi connectivity index (χ4v) is 2.08. The zero-order valence-corrected chi connectivity index (χ0v) is 10.6. The van der Waals surface area contributed by atoms with Crippen molar-refractivity contribution in [2.45, 2.75) is 18.8 Å². The van der Waals surface area contributed by atoms with E-state index in [4.69, 9.17) is 9.84 Å². The van der Waals surface area contributed by atoms with E-state index in [0.717, 1.165) is 6.07 Å². The Hall–Kier alpha value is -1.60. The third-order valence-corrected chi connectivity index (χ3v) is 3.11. The number of rotatable bonds is 3. The maximum Gasteiger partial charge on any atom is 0.416 e. The zero-order chi connectivity index (χ0) is 14.8. The Balaban J connectivity index is 2.19. The molecular weight excluding hydrogens is 275 g/mol. The van der Waals surface area contributed by atoms with Crippen LogP contribution in [0.3, 0.4) is 0 Å². The number of hydrogen-bond acceptors (Lipinski definition) is 3. The summed E-state index contributed by atoms with van der Waals surface area (Å²) in [4.78, 5) is 12.9. The molecule has 1 aromatic rings. The van der Waals surface area contributed by atoms with Gasteiger partial charge in [-0.2, -0.15) is 13.2 Å². The Labute approximate surface area is 113 Å². The molecule has 7 heteroatoms. The normalized spacial score (nSPS) is 20.3. The second kappa shape index (κ2) is 5.80. The van der Waals surface area contributed by atoms with Gasteiger partial charge in [0, 0.05) is 13.1 Å². The van der Waals surface area contributed by atoms with Gasteiger partial charge in [-0.25, -0.2) is 0 Å². The van der Waals surface area contributed by atoms with Gasteiger partial charge in [0.15, 0.2) is 0 Å². The molecule has 1 amide bonds. The van der Waals surface area contributed by atoms with Gasteiger partial charge in [-0.05, 0) is 11.6 Å². The van der Waals surface area contributed by atoms with Crippen molar-refractivity contribution >= 4 is 5.91 Å². The lowest BCUT2D eigenvalue weighted by Gasteiger charge is -2.32. The van der Waals surface area contributed by atoms with Crippen molar-refractivity contribution in [1.82, 2.24) is 4.90 Å². The monoisotopic (exact) mass is 289 g/mol. The minimum absolute atomic E-state index is 0.0342. The summed E-state index contributed by atoms with van der Waals surface area (Å²) in [5.74, 6) is -0.383. The fourth-order valence-electron chi connectivity index (χ4n) is 2.08. The molecule has 1 unspecified atom stereocenters. The first-order valence-electron chi connectivity index (χ1n) is 6.07. The standard InChI is InChI=1S/C13H14F3NO3/c14-13(15,16)11-4-2-1-3-9(11)5-17-6-10(7-18)20-8-12(17)19/h1-4,10,18H,5-8H2. The number of aliphatic hydroxyl groups is 1. The third-order valence-electron chi connectivity index (χ3n) is 3.11. The number of amides is 1. The minimum atomic E-state index is -4.46. The lowest BCUT2D eigenvalue weighted by Crippen LogP contribution is -2.47. The van der Waals surface area contributed by atoms with Gasteiger partial charge in [0.1, 0.15) is 6.61 Å². The van der Waals surface area contributed by atoms with E-state index in [1.165, 1.54) is 23.1 Å². The Morgan fingerprint density at radius 2 is 2.05 bits per heavy atom. The van der Waals surface area contributed by atoms with Gasteiger partial charge in [0.05, 0.1) is 18.3 Å². The summed E-state index contributed by atoms with van der Waals surface area (Å²) >= 11 is 0. The van der Waals surface area contributed by atoms with Crippen LogP contribution in [0.5, 0.6) is 0 Å². The summed E-state index contributed by atoms with van der Waals surface area (Å²) in [5, 5.41) is 9.00. The Kier molecular flexibility index (Phi) is 4.29. The Morgan fingerprint density at radius 1 is 1.35 bits per heavy atom. The summed E-state index contributed by atoms with van der Waals surface area (Å²) in [6, 6.07) is 5.15. The van der Waals surface area contributed by atoms with Crippen LogP contribution in [0, 0.1) is 0 Å². The van der Waals surface area contributed by atoms with Crippen LogP contribution in [0.2, 0.25) is 0 Å². The quantitative estimate of drug-likeness (QED) is 0.915. The summed E-state index contributed by atoms with van der Waals surface area (Å²) in [7, 11) is 0. The molecule has 1 fully saturated rings. The van der Waals surface area contributed by atoms with E-state index in [0.29, 0.717) is 0 Å². The second-order valence-corrected chi connectivity index (χ2v) is 4.54. The Bertz CT molecular complexity index is 490. The van der Waals surface area contributed by atoms with Crippen molar-refractivity contribution in [1.29, 1.82) is 0 Å². The highest BCUT2D eigenvalue weighted by molar-refractivity contribution is 5.78. The number of alkyl halides is 3. The molecule has 0 saturated carbocycles. The van der Waals surface area contributed by atoms with Crippen LogP contribution in [0.4, 0.5) is 13.2 Å². The van der Waals surface area contributed by atoms with Crippen LogP contribution in [-0.4, -0.2) is 41.8 Å². The number of halogens is 3. The van der Waals surface area contributed by atoms with Crippen molar-refractivity contribution < 1.29 is 27.8 Å². The number of aliphatic hydroxyl groups excluding tert-OH is 1. The molecule has 1 heterocycles. The van der Waals surface area contributed by atoms with Crippen LogP contribution >= 0.6 is 0 Å². The molecule has 1 aliphatic heterocycles. The summed E-state index contributed by atoms with van der Waals surface area (Å²) in [6.45, 7) is -0.556. The van der Waals surface area contributed by atoms with Gasteiger partial charge in [-0.3, -0.25) is 4.79 Å². The van der Waals surface area contributed by atoms with E-state index in [9.17, 15) is 18.0 Å². The van der Waals surface area contributed by atoms with Crippen molar-refractivity contribution in [2.75, 3.05) is 19.8 Å². The van der Waals surface area contributed by atoms with Gasteiger partial charge in [-0.15, -0.1) is 0 Å². The maximum absolute atomic E-state index is 12.9. The summed E-state index contributed by atoms with van der Waals surface area (Å²) < 4.78 is 43.7. The number of carbonyl (C=O) groups is 1. The van der Waals surface area contributed by atoms with E-state index in [-0.39, 0.29) is 37.8 Å². The molecule has 1 aliphatic rings. The maximum atomic E-state index is 12.9. The molecule has 0 aliphatic carbocycles. The Morgan fingerprint density at radius 3 is 2.70 bits per heavy atom. The van der Waals surface area contributed by atoms with Crippen LogP contribution in [0.1, 0.15) is 11.1 Å². The average Bonchev–Trinajstić information content (AvgIpc) is 2.41. The lowest BCUT2D eigenvalue weighted by molar-refractivity contribution is -0.153. The fraction of sp³-hybridized carbons (Fsp3) is 0.462. The smallest absolute Gasteiger partial charge is 0.394 e. The van der Waals surface area contributed by atoms with Crippen molar-refractivity contribution in [2.24, 2.45) is 0 Å². The van der Waals surface area contributed by atoms with Crippen molar-refractivity contribution in [3.05, 3.63) is 35.4 Å². The van der Waals surface area contributed by atoms with Crippen molar-refractivity contribution in [3.63, 3.8) is 0 Å². The molecule has 0 radical (unpaired) electrons. The van der Waals surface area contributed by atoms with Gasteiger partial charge in [0.25, 0.3) is 0 Å².